The minimum atomic E-state index is 0.658. The summed E-state index contributed by atoms with van der Waals surface area (Å²) in [6, 6.07) is 12.7. The smallest absolute Gasteiger partial charge is 0.103 e. The van der Waals surface area contributed by atoms with Gasteiger partial charge < -0.3 is 4.90 Å². The van der Waals surface area contributed by atoms with E-state index in [1.165, 1.54) is 11.1 Å². The number of nitriles is 1. The number of benzene rings is 1. The standard InChI is InChI=1S/C17H19N3/c1-12-6-5-7-15(8-12)11-20(4)17-9-13(2)19-14(3)16(17)10-18/h5-9H,11H2,1-4H3. The Morgan fingerprint density at radius 2 is 1.95 bits per heavy atom. The van der Waals surface area contributed by atoms with Gasteiger partial charge in [-0.2, -0.15) is 5.26 Å². The van der Waals surface area contributed by atoms with Crippen LogP contribution in [0.25, 0.3) is 0 Å². The second kappa shape index (κ2) is 5.75. The van der Waals surface area contributed by atoms with E-state index >= 15 is 0 Å². The molecule has 0 aliphatic carbocycles. The quantitative estimate of drug-likeness (QED) is 0.852. The molecule has 20 heavy (non-hydrogen) atoms. The summed E-state index contributed by atoms with van der Waals surface area (Å²) in [5, 5.41) is 9.33. The molecule has 0 saturated carbocycles. The summed E-state index contributed by atoms with van der Waals surface area (Å²) in [5.74, 6) is 0. The number of anilines is 1. The summed E-state index contributed by atoms with van der Waals surface area (Å²) in [6.07, 6.45) is 0. The van der Waals surface area contributed by atoms with E-state index in [-0.39, 0.29) is 0 Å². The zero-order chi connectivity index (χ0) is 14.7. The van der Waals surface area contributed by atoms with Crippen LogP contribution in [0.15, 0.2) is 30.3 Å². The van der Waals surface area contributed by atoms with Crippen molar-refractivity contribution < 1.29 is 0 Å². The topological polar surface area (TPSA) is 39.9 Å². The Bertz CT molecular complexity index is 668. The van der Waals surface area contributed by atoms with Crippen molar-refractivity contribution in [3.8, 4) is 6.07 Å². The fraction of sp³-hybridized carbons (Fsp3) is 0.294. The van der Waals surface area contributed by atoms with Gasteiger partial charge in [-0.3, -0.25) is 4.98 Å². The summed E-state index contributed by atoms with van der Waals surface area (Å²) in [4.78, 5) is 6.47. The van der Waals surface area contributed by atoms with Gasteiger partial charge in [0.05, 0.1) is 16.9 Å². The molecule has 0 aliphatic heterocycles. The van der Waals surface area contributed by atoms with Crippen molar-refractivity contribution in [3.05, 3.63) is 58.4 Å². The van der Waals surface area contributed by atoms with Gasteiger partial charge in [0.15, 0.2) is 0 Å². The molecule has 1 aromatic heterocycles. The Hall–Kier alpha value is -2.34. The van der Waals surface area contributed by atoms with E-state index in [1.54, 1.807) is 0 Å². The lowest BCUT2D eigenvalue weighted by molar-refractivity contribution is 0.909. The summed E-state index contributed by atoms with van der Waals surface area (Å²) >= 11 is 0. The van der Waals surface area contributed by atoms with Crippen molar-refractivity contribution in [2.75, 3.05) is 11.9 Å². The molecule has 0 radical (unpaired) electrons. The van der Waals surface area contributed by atoms with Crippen LogP contribution in [0.4, 0.5) is 5.69 Å². The number of nitrogens with zero attached hydrogens (tertiary/aromatic N) is 3. The van der Waals surface area contributed by atoms with Gasteiger partial charge in [0.1, 0.15) is 6.07 Å². The minimum absolute atomic E-state index is 0.658. The van der Waals surface area contributed by atoms with E-state index in [0.29, 0.717) is 5.56 Å². The van der Waals surface area contributed by atoms with E-state index in [0.717, 1.165) is 23.6 Å². The van der Waals surface area contributed by atoms with Crippen LogP contribution < -0.4 is 4.90 Å². The molecule has 0 aliphatic rings. The van der Waals surface area contributed by atoms with Gasteiger partial charge in [-0.1, -0.05) is 29.8 Å². The Kier molecular flexibility index (Phi) is 4.05. The van der Waals surface area contributed by atoms with Crippen molar-refractivity contribution in [2.45, 2.75) is 27.3 Å². The van der Waals surface area contributed by atoms with Crippen LogP contribution in [-0.2, 0) is 6.54 Å². The van der Waals surface area contributed by atoms with E-state index in [1.807, 2.05) is 27.0 Å². The summed E-state index contributed by atoms with van der Waals surface area (Å²) in [5.41, 5.74) is 5.82. The Labute approximate surface area is 120 Å². The molecule has 2 rings (SSSR count). The average molecular weight is 265 g/mol. The highest BCUT2D eigenvalue weighted by Crippen LogP contribution is 2.23. The van der Waals surface area contributed by atoms with Crippen LogP contribution in [0.1, 0.15) is 28.1 Å². The largest absolute Gasteiger partial charge is 0.369 e. The van der Waals surface area contributed by atoms with Crippen LogP contribution in [0.2, 0.25) is 0 Å². The van der Waals surface area contributed by atoms with Gasteiger partial charge in [0.2, 0.25) is 0 Å². The SMILES string of the molecule is Cc1cccc(CN(C)c2cc(C)nc(C)c2C#N)c1. The maximum absolute atomic E-state index is 9.33. The first-order chi connectivity index (χ1) is 9.51. The van der Waals surface area contributed by atoms with Crippen LogP contribution >= 0.6 is 0 Å². The lowest BCUT2D eigenvalue weighted by Gasteiger charge is -2.22. The second-order valence-electron chi connectivity index (χ2n) is 5.20. The maximum atomic E-state index is 9.33. The van der Waals surface area contributed by atoms with Crippen LogP contribution in [0.5, 0.6) is 0 Å². The Morgan fingerprint density at radius 1 is 1.20 bits per heavy atom. The molecular weight excluding hydrogens is 246 g/mol. The Morgan fingerprint density at radius 3 is 2.60 bits per heavy atom. The fourth-order valence-electron chi connectivity index (χ4n) is 2.42. The van der Waals surface area contributed by atoms with Gasteiger partial charge in [-0.25, -0.2) is 0 Å². The first-order valence-corrected chi connectivity index (χ1v) is 6.66. The predicted molar refractivity (Wildman–Crippen MR) is 81.7 cm³/mol. The van der Waals surface area contributed by atoms with E-state index in [2.05, 4.69) is 47.1 Å². The number of aryl methyl sites for hydroxylation is 3. The molecular formula is C17H19N3. The highest BCUT2D eigenvalue weighted by atomic mass is 15.1. The third-order valence-corrected chi connectivity index (χ3v) is 3.33. The third-order valence-electron chi connectivity index (χ3n) is 3.33. The van der Waals surface area contributed by atoms with Crippen molar-refractivity contribution in [2.24, 2.45) is 0 Å². The molecule has 2 aromatic rings. The minimum Gasteiger partial charge on any atom is -0.369 e. The fourth-order valence-corrected chi connectivity index (χ4v) is 2.42. The second-order valence-corrected chi connectivity index (χ2v) is 5.20. The van der Waals surface area contributed by atoms with Crippen LogP contribution in [-0.4, -0.2) is 12.0 Å². The number of aromatic nitrogens is 1. The molecule has 1 heterocycles. The highest BCUT2D eigenvalue weighted by Gasteiger charge is 2.12. The summed E-state index contributed by atoms with van der Waals surface area (Å²) in [7, 11) is 2.01. The van der Waals surface area contributed by atoms with E-state index < -0.39 is 0 Å². The summed E-state index contributed by atoms with van der Waals surface area (Å²) < 4.78 is 0. The molecule has 102 valence electrons. The van der Waals surface area contributed by atoms with Crippen molar-refractivity contribution in [3.63, 3.8) is 0 Å². The number of hydrogen-bond acceptors (Lipinski definition) is 3. The molecule has 0 fully saturated rings. The molecule has 0 atom stereocenters. The van der Waals surface area contributed by atoms with E-state index in [9.17, 15) is 5.26 Å². The molecule has 3 heteroatoms. The molecule has 0 bridgehead atoms. The van der Waals surface area contributed by atoms with Crippen LogP contribution in [0, 0.1) is 32.1 Å². The highest BCUT2D eigenvalue weighted by molar-refractivity contribution is 5.61. The zero-order valence-corrected chi connectivity index (χ0v) is 12.4. The third kappa shape index (κ3) is 2.97. The first kappa shape index (κ1) is 14.1. The van der Waals surface area contributed by atoms with Gasteiger partial charge in [0.25, 0.3) is 0 Å². The molecule has 1 aromatic carbocycles. The van der Waals surface area contributed by atoms with Crippen molar-refractivity contribution in [1.82, 2.24) is 4.98 Å². The van der Waals surface area contributed by atoms with Crippen LogP contribution in [0.3, 0.4) is 0 Å². The summed E-state index contributed by atoms with van der Waals surface area (Å²) in [6.45, 7) is 6.71. The number of hydrogen-bond donors (Lipinski definition) is 0. The molecule has 0 saturated heterocycles. The lowest BCUT2D eigenvalue weighted by Crippen LogP contribution is -2.18. The lowest BCUT2D eigenvalue weighted by atomic mass is 10.1. The first-order valence-electron chi connectivity index (χ1n) is 6.66. The molecule has 0 amide bonds. The van der Waals surface area contributed by atoms with Gasteiger partial charge in [-0.05, 0) is 32.4 Å². The number of pyridine rings is 1. The van der Waals surface area contributed by atoms with Crippen molar-refractivity contribution in [1.29, 1.82) is 5.26 Å². The van der Waals surface area contributed by atoms with Crippen molar-refractivity contribution >= 4 is 5.69 Å². The number of rotatable bonds is 3. The molecule has 0 N–H and O–H groups in total. The monoisotopic (exact) mass is 265 g/mol. The maximum Gasteiger partial charge on any atom is 0.103 e. The zero-order valence-electron chi connectivity index (χ0n) is 12.4. The molecule has 3 nitrogen and oxygen atoms in total. The molecule has 0 unspecified atom stereocenters. The van der Waals surface area contributed by atoms with Gasteiger partial charge >= 0.3 is 0 Å². The van der Waals surface area contributed by atoms with Gasteiger partial charge in [0, 0.05) is 19.3 Å². The average Bonchev–Trinajstić information content (AvgIpc) is 2.37. The molecule has 0 spiro atoms. The van der Waals surface area contributed by atoms with Gasteiger partial charge in [-0.15, -0.1) is 0 Å². The normalized spacial score (nSPS) is 10.2. The Balaban J connectivity index is 2.34. The van der Waals surface area contributed by atoms with E-state index in [4.69, 9.17) is 0 Å². The predicted octanol–water partition coefficient (Wildman–Crippen LogP) is 3.51.